The number of hydrogen-bond acceptors (Lipinski definition) is 4. The van der Waals surface area contributed by atoms with Crippen molar-refractivity contribution in [2.24, 2.45) is 0 Å². The summed E-state index contributed by atoms with van der Waals surface area (Å²) in [6.45, 7) is 0. The van der Waals surface area contributed by atoms with Crippen LogP contribution in [0.25, 0.3) is 0 Å². The topological polar surface area (TPSA) is 75.1 Å². The Bertz CT molecular complexity index is 388. The van der Waals surface area contributed by atoms with Crippen LogP contribution in [0.4, 0.5) is 5.82 Å². The van der Waals surface area contributed by atoms with Crippen molar-refractivity contribution in [1.82, 2.24) is 9.97 Å². The van der Waals surface area contributed by atoms with Crippen molar-refractivity contribution in [2.45, 2.75) is 25.2 Å². The van der Waals surface area contributed by atoms with Crippen molar-refractivity contribution >= 4 is 11.8 Å². The van der Waals surface area contributed by atoms with E-state index in [0.29, 0.717) is 17.4 Å². The number of anilines is 1. The van der Waals surface area contributed by atoms with Gasteiger partial charge in [0, 0.05) is 19.0 Å². The SMILES string of the molecule is CNc1cc(CC(=O)O)nc(C2CC2)n1. The fourth-order valence-electron chi connectivity index (χ4n) is 1.42. The lowest BCUT2D eigenvalue weighted by Gasteiger charge is -2.05. The average Bonchev–Trinajstić information content (AvgIpc) is 2.99. The van der Waals surface area contributed by atoms with E-state index in [1.807, 2.05) is 0 Å². The van der Waals surface area contributed by atoms with E-state index in [1.54, 1.807) is 13.1 Å². The van der Waals surface area contributed by atoms with Gasteiger partial charge in [-0.1, -0.05) is 0 Å². The molecule has 80 valence electrons. The summed E-state index contributed by atoms with van der Waals surface area (Å²) in [4.78, 5) is 19.1. The highest BCUT2D eigenvalue weighted by Crippen LogP contribution is 2.38. The van der Waals surface area contributed by atoms with Gasteiger partial charge < -0.3 is 10.4 Å². The Labute approximate surface area is 87.6 Å². The second-order valence-corrected chi connectivity index (χ2v) is 3.70. The van der Waals surface area contributed by atoms with Gasteiger partial charge in [0.25, 0.3) is 0 Å². The van der Waals surface area contributed by atoms with Crippen LogP contribution >= 0.6 is 0 Å². The molecule has 5 heteroatoms. The zero-order valence-corrected chi connectivity index (χ0v) is 8.53. The van der Waals surface area contributed by atoms with Gasteiger partial charge in [0.15, 0.2) is 0 Å². The smallest absolute Gasteiger partial charge is 0.309 e. The summed E-state index contributed by atoms with van der Waals surface area (Å²) in [5.74, 6) is 1.05. The quantitative estimate of drug-likeness (QED) is 0.771. The first kappa shape index (κ1) is 9.89. The summed E-state index contributed by atoms with van der Waals surface area (Å²) in [6, 6.07) is 1.68. The molecule has 0 saturated heterocycles. The van der Waals surface area contributed by atoms with Crippen molar-refractivity contribution in [2.75, 3.05) is 12.4 Å². The summed E-state index contributed by atoms with van der Waals surface area (Å²) in [6.07, 6.45) is 2.18. The highest BCUT2D eigenvalue weighted by atomic mass is 16.4. The molecule has 0 spiro atoms. The first-order valence-corrected chi connectivity index (χ1v) is 4.96. The van der Waals surface area contributed by atoms with Crippen LogP contribution in [0.15, 0.2) is 6.07 Å². The van der Waals surface area contributed by atoms with Gasteiger partial charge in [0.05, 0.1) is 12.1 Å². The van der Waals surface area contributed by atoms with Crippen LogP contribution in [0.5, 0.6) is 0 Å². The van der Waals surface area contributed by atoms with Crippen LogP contribution in [0, 0.1) is 0 Å². The molecule has 1 fully saturated rings. The Morgan fingerprint density at radius 1 is 1.60 bits per heavy atom. The summed E-state index contributed by atoms with van der Waals surface area (Å²) < 4.78 is 0. The number of aromatic nitrogens is 2. The molecule has 1 heterocycles. The number of hydrogen-bond donors (Lipinski definition) is 2. The van der Waals surface area contributed by atoms with Gasteiger partial charge in [-0.2, -0.15) is 0 Å². The minimum Gasteiger partial charge on any atom is -0.481 e. The van der Waals surface area contributed by atoms with Crippen molar-refractivity contribution in [3.63, 3.8) is 0 Å². The zero-order valence-electron chi connectivity index (χ0n) is 8.53. The molecule has 1 aromatic rings. The fraction of sp³-hybridized carbons (Fsp3) is 0.500. The summed E-state index contributed by atoms with van der Waals surface area (Å²) in [7, 11) is 1.77. The molecular formula is C10H13N3O2. The number of rotatable bonds is 4. The van der Waals surface area contributed by atoms with E-state index in [2.05, 4.69) is 15.3 Å². The Balaban J connectivity index is 2.28. The second-order valence-electron chi connectivity index (χ2n) is 3.70. The van der Waals surface area contributed by atoms with Gasteiger partial charge in [0.1, 0.15) is 11.6 Å². The number of carbonyl (C=O) groups is 1. The lowest BCUT2D eigenvalue weighted by molar-refractivity contribution is -0.136. The molecule has 1 aromatic heterocycles. The van der Waals surface area contributed by atoms with Crippen LogP contribution in [0.3, 0.4) is 0 Å². The first-order valence-electron chi connectivity index (χ1n) is 4.96. The van der Waals surface area contributed by atoms with Gasteiger partial charge in [-0.15, -0.1) is 0 Å². The highest BCUT2D eigenvalue weighted by molar-refractivity contribution is 5.69. The molecule has 1 aliphatic carbocycles. The van der Waals surface area contributed by atoms with E-state index < -0.39 is 5.97 Å². The van der Waals surface area contributed by atoms with Crippen molar-refractivity contribution in [1.29, 1.82) is 0 Å². The second kappa shape index (κ2) is 3.84. The van der Waals surface area contributed by atoms with Crippen molar-refractivity contribution < 1.29 is 9.90 Å². The molecule has 0 atom stereocenters. The molecule has 1 aliphatic rings. The van der Waals surface area contributed by atoms with Gasteiger partial charge >= 0.3 is 5.97 Å². The molecule has 1 saturated carbocycles. The van der Waals surface area contributed by atoms with Crippen molar-refractivity contribution in [3.05, 3.63) is 17.6 Å². The molecule has 0 radical (unpaired) electrons. The van der Waals surface area contributed by atoms with E-state index in [0.717, 1.165) is 18.7 Å². The summed E-state index contributed by atoms with van der Waals surface area (Å²) >= 11 is 0. The molecule has 0 aliphatic heterocycles. The Morgan fingerprint density at radius 3 is 2.87 bits per heavy atom. The number of nitrogens with zero attached hydrogens (tertiary/aromatic N) is 2. The van der Waals surface area contributed by atoms with E-state index in [4.69, 9.17) is 5.11 Å². The van der Waals surface area contributed by atoms with Crippen molar-refractivity contribution in [3.8, 4) is 0 Å². The summed E-state index contributed by atoms with van der Waals surface area (Å²) in [5.41, 5.74) is 0.573. The van der Waals surface area contributed by atoms with E-state index in [9.17, 15) is 4.79 Å². The third-order valence-electron chi connectivity index (χ3n) is 2.33. The van der Waals surface area contributed by atoms with E-state index >= 15 is 0 Å². The van der Waals surface area contributed by atoms with Crippen LogP contribution in [0.2, 0.25) is 0 Å². The highest BCUT2D eigenvalue weighted by Gasteiger charge is 2.27. The van der Waals surface area contributed by atoms with Gasteiger partial charge in [0.2, 0.25) is 0 Å². The maximum Gasteiger partial charge on any atom is 0.309 e. The summed E-state index contributed by atoms with van der Waals surface area (Å²) in [5, 5.41) is 11.6. The largest absolute Gasteiger partial charge is 0.481 e. The maximum atomic E-state index is 10.6. The molecule has 2 N–H and O–H groups in total. The minimum absolute atomic E-state index is 0.0447. The van der Waals surface area contributed by atoms with E-state index in [-0.39, 0.29) is 6.42 Å². The van der Waals surface area contributed by atoms with E-state index in [1.165, 1.54) is 0 Å². The molecule has 0 bridgehead atoms. The minimum atomic E-state index is -0.863. The molecule has 0 unspecified atom stereocenters. The standard InChI is InChI=1S/C10H13N3O2/c1-11-8-4-7(5-9(14)15)12-10(13-8)6-2-3-6/h4,6H,2-3,5H2,1H3,(H,14,15)(H,11,12,13). The van der Waals surface area contributed by atoms with Crippen LogP contribution in [-0.4, -0.2) is 28.1 Å². The maximum absolute atomic E-state index is 10.6. The number of carboxylic acids is 1. The Kier molecular flexibility index (Phi) is 2.53. The third kappa shape index (κ3) is 2.43. The zero-order chi connectivity index (χ0) is 10.8. The molecule has 0 amide bonds. The fourth-order valence-corrected chi connectivity index (χ4v) is 1.42. The normalized spacial score (nSPS) is 15.0. The molecule has 2 rings (SSSR count). The number of aliphatic carboxylic acids is 1. The predicted octanol–water partition coefficient (Wildman–Crippen LogP) is 1.02. The van der Waals surface area contributed by atoms with Crippen LogP contribution in [-0.2, 0) is 11.2 Å². The number of carboxylic acid groups (broad SMARTS) is 1. The van der Waals surface area contributed by atoms with Crippen LogP contribution in [0.1, 0.15) is 30.3 Å². The number of nitrogens with one attached hydrogen (secondary N) is 1. The van der Waals surface area contributed by atoms with Crippen LogP contribution < -0.4 is 5.32 Å². The van der Waals surface area contributed by atoms with Gasteiger partial charge in [-0.25, -0.2) is 9.97 Å². The lowest BCUT2D eigenvalue weighted by Crippen LogP contribution is -2.07. The monoisotopic (exact) mass is 207 g/mol. The molecule has 15 heavy (non-hydrogen) atoms. The first-order chi connectivity index (χ1) is 7.19. The average molecular weight is 207 g/mol. The van der Waals surface area contributed by atoms with Gasteiger partial charge in [-0.05, 0) is 12.8 Å². The van der Waals surface area contributed by atoms with Gasteiger partial charge in [-0.3, -0.25) is 4.79 Å². The molecule has 0 aromatic carbocycles. The lowest BCUT2D eigenvalue weighted by atomic mass is 10.2. The predicted molar refractivity (Wildman–Crippen MR) is 54.9 cm³/mol. The Hall–Kier alpha value is -1.65. The Morgan fingerprint density at radius 2 is 2.33 bits per heavy atom. The molecule has 5 nitrogen and oxygen atoms in total. The third-order valence-corrected chi connectivity index (χ3v) is 2.33. The molecular weight excluding hydrogens is 194 g/mol.